The Morgan fingerprint density at radius 3 is 2.42 bits per heavy atom. The molecule has 10 nitrogen and oxygen atoms in total. The monoisotopic (exact) mass is 534 g/mol. The average Bonchev–Trinajstić information content (AvgIpc) is 3.20. The third-order valence-corrected chi connectivity index (χ3v) is 5.99. The number of hydrogen-bond acceptors (Lipinski definition) is 9. The number of alkyl carbamates (subject to hydrolysis) is 1. The fourth-order valence-corrected chi connectivity index (χ4v) is 4.32. The number of carbonyl (C=O) groups excluding carboxylic acids is 2. The summed E-state index contributed by atoms with van der Waals surface area (Å²) in [5.41, 5.74) is 0.248. The maximum Gasteiger partial charge on any atom is 0.508 e. The minimum atomic E-state index is -0.736. The molecule has 0 bridgehead atoms. The van der Waals surface area contributed by atoms with Crippen molar-refractivity contribution in [3.05, 3.63) is 29.7 Å². The lowest BCUT2D eigenvalue weighted by atomic mass is 9.97. The Balaban J connectivity index is 1.68. The third kappa shape index (κ3) is 8.68. The molecule has 1 aliphatic rings. The van der Waals surface area contributed by atoms with E-state index in [-0.39, 0.29) is 18.4 Å². The molecule has 2 atom stereocenters. The first-order chi connectivity index (χ1) is 17.7. The zero-order valence-electron chi connectivity index (χ0n) is 23.3. The lowest BCUT2D eigenvalue weighted by Gasteiger charge is -2.23. The van der Waals surface area contributed by atoms with Gasteiger partial charge in [0.05, 0.1) is 30.9 Å². The third-order valence-electron chi connectivity index (χ3n) is 5.99. The van der Waals surface area contributed by atoms with Crippen LogP contribution in [0.15, 0.2) is 18.3 Å². The number of ether oxygens (including phenoxy) is 4. The van der Waals surface area contributed by atoms with Gasteiger partial charge in [-0.15, -0.1) is 0 Å². The van der Waals surface area contributed by atoms with Crippen molar-refractivity contribution in [2.75, 3.05) is 39.9 Å². The number of hydrogen-bond donors (Lipinski definition) is 1. The van der Waals surface area contributed by atoms with Gasteiger partial charge in [0.2, 0.25) is 5.88 Å². The largest absolute Gasteiger partial charge is 0.508 e. The number of nitrogens with one attached hydrogen (secondary N) is 1. The Hall–Kier alpha value is -3.21. The maximum atomic E-state index is 14.8. The highest BCUT2D eigenvalue weighted by Crippen LogP contribution is 2.26. The fourth-order valence-electron chi connectivity index (χ4n) is 4.32. The van der Waals surface area contributed by atoms with Gasteiger partial charge in [0.15, 0.2) is 0 Å². The number of fused-ring (bicyclic) bond motifs is 1. The van der Waals surface area contributed by atoms with Crippen LogP contribution in [0.25, 0.3) is 11.0 Å². The fraction of sp³-hybridized carbons (Fsp3) is 0.630. The van der Waals surface area contributed by atoms with Crippen molar-refractivity contribution in [1.29, 1.82) is 0 Å². The lowest BCUT2D eigenvalue weighted by Crippen LogP contribution is -2.38. The van der Waals surface area contributed by atoms with Crippen molar-refractivity contribution in [3.8, 4) is 5.88 Å². The molecule has 2 aromatic heterocycles. The molecule has 0 radical (unpaired) electrons. The first kappa shape index (κ1) is 29.3. The molecule has 1 amide bonds. The van der Waals surface area contributed by atoms with Gasteiger partial charge in [0.1, 0.15) is 17.0 Å². The van der Waals surface area contributed by atoms with Crippen molar-refractivity contribution in [3.63, 3.8) is 0 Å². The van der Waals surface area contributed by atoms with Crippen LogP contribution in [0.2, 0.25) is 0 Å². The first-order valence-corrected chi connectivity index (χ1v) is 12.8. The Bertz CT molecular complexity index is 1090. The summed E-state index contributed by atoms with van der Waals surface area (Å²) in [4.78, 5) is 35.1. The second-order valence-electron chi connectivity index (χ2n) is 11.5. The molecule has 38 heavy (non-hydrogen) atoms. The Kier molecular flexibility index (Phi) is 9.35. The van der Waals surface area contributed by atoms with Crippen LogP contribution < -0.4 is 10.1 Å². The summed E-state index contributed by atoms with van der Waals surface area (Å²) in [5, 5.41) is 2.83. The highest BCUT2D eigenvalue weighted by molar-refractivity contribution is 5.78. The molecule has 1 fully saturated rings. The van der Waals surface area contributed by atoms with Gasteiger partial charge < -0.3 is 29.2 Å². The minimum Gasteiger partial charge on any atom is -0.481 e. The molecule has 1 unspecified atom stereocenters. The van der Waals surface area contributed by atoms with E-state index in [9.17, 15) is 14.0 Å². The zero-order chi connectivity index (χ0) is 28.1. The molecular weight excluding hydrogens is 495 g/mol. The van der Waals surface area contributed by atoms with Crippen molar-refractivity contribution < 1.29 is 32.9 Å². The van der Waals surface area contributed by atoms with Crippen molar-refractivity contribution in [1.82, 2.24) is 20.2 Å². The van der Waals surface area contributed by atoms with Crippen LogP contribution >= 0.6 is 0 Å². The number of halogens is 1. The van der Waals surface area contributed by atoms with Crippen LogP contribution in [0.3, 0.4) is 0 Å². The van der Waals surface area contributed by atoms with Gasteiger partial charge in [-0.2, -0.15) is 0 Å². The summed E-state index contributed by atoms with van der Waals surface area (Å²) < 4.78 is 36.0. The van der Waals surface area contributed by atoms with Crippen molar-refractivity contribution in [2.24, 2.45) is 11.8 Å². The standard InChI is InChI=1S/C27H39FN4O6/c1-26(2,3)37-24(33)30-12-17-14-32(15-18(17)16-36-25(34)38-27(4,5)6)11-10-19-20(28)13-29-21-8-9-22(35-7)31-23(19)21/h8-9,13,17-18H,10-12,14-16H2,1-7H3,(H,30,33)/t17?,18-/m1/s1. The lowest BCUT2D eigenvalue weighted by molar-refractivity contribution is -0.0149. The maximum absolute atomic E-state index is 14.8. The smallest absolute Gasteiger partial charge is 0.481 e. The van der Waals surface area contributed by atoms with E-state index in [2.05, 4.69) is 20.2 Å². The molecule has 0 aromatic carbocycles. The highest BCUT2D eigenvalue weighted by atomic mass is 19.1. The number of carbonyl (C=O) groups is 2. The second-order valence-corrected chi connectivity index (χ2v) is 11.5. The number of methoxy groups -OCH3 is 1. The van der Waals surface area contributed by atoms with E-state index in [0.717, 1.165) is 0 Å². The predicted octanol–water partition coefficient (Wildman–Crippen LogP) is 4.34. The Labute approximate surface area is 223 Å². The summed E-state index contributed by atoms with van der Waals surface area (Å²) in [7, 11) is 1.51. The summed E-state index contributed by atoms with van der Waals surface area (Å²) in [6, 6.07) is 3.44. The molecule has 0 saturated carbocycles. The van der Waals surface area contributed by atoms with Crippen LogP contribution in [0.5, 0.6) is 5.88 Å². The summed E-state index contributed by atoms with van der Waals surface area (Å²) >= 11 is 0. The zero-order valence-corrected chi connectivity index (χ0v) is 23.3. The molecule has 0 aliphatic carbocycles. The predicted molar refractivity (Wildman–Crippen MR) is 140 cm³/mol. The number of likely N-dealkylation sites (tertiary alicyclic amines) is 1. The van der Waals surface area contributed by atoms with E-state index in [1.54, 1.807) is 53.7 Å². The Morgan fingerprint density at radius 2 is 1.76 bits per heavy atom. The van der Waals surface area contributed by atoms with E-state index < -0.39 is 29.3 Å². The molecule has 1 N–H and O–H groups in total. The summed E-state index contributed by atoms with van der Waals surface area (Å²) in [5.74, 6) is -0.109. The molecule has 2 aromatic rings. The van der Waals surface area contributed by atoms with E-state index in [4.69, 9.17) is 18.9 Å². The van der Waals surface area contributed by atoms with E-state index in [0.29, 0.717) is 55.1 Å². The topological polar surface area (TPSA) is 112 Å². The molecule has 3 rings (SSSR count). The Morgan fingerprint density at radius 1 is 1.08 bits per heavy atom. The van der Waals surface area contributed by atoms with E-state index in [1.165, 1.54) is 13.3 Å². The van der Waals surface area contributed by atoms with Gasteiger partial charge in [-0.25, -0.2) is 19.0 Å². The number of rotatable bonds is 8. The van der Waals surface area contributed by atoms with Gasteiger partial charge in [0.25, 0.3) is 0 Å². The van der Waals surface area contributed by atoms with Crippen LogP contribution in [0.4, 0.5) is 14.0 Å². The average molecular weight is 535 g/mol. The summed E-state index contributed by atoms with van der Waals surface area (Å²) in [6.45, 7) is 13.0. The number of aromatic nitrogens is 2. The highest BCUT2D eigenvalue weighted by Gasteiger charge is 2.35. The van der Waals surface area contributed by atoms with Crippen LogP contribution in [-0.2, 0) is 20.6 Å². The van der Waals surface area contributed by atoms with Crippen LogP contribution in [0, 0.1) is 17.7 Å². The molecule has 0 spiro atoms. The van der Waals surface area contributed by atoms with E-state index in [1.807, 2.05) is 0 Å². The van der Waals surface area contributed by atoms with Gasteiger partial charge in [-0.05, 0) is 59.9 Å². The van der Waals surface area contributed by atoms with Crippen LogP contribution in [-0.4, -0.2) is 78.2 Å². The van der Waals surface area contributed by atoms with Crippen LogP contribution in [0.1, 0.15) is 47.1 Å². The molecule has 1 saturated heterocycles. The molecule has 11 heteroatoms. The molecule has 1 aliphatic heterocycles. The molecule has 3 heterocycles. The number of pyridine rings is 2. The minimum absolute atomic E-state index is 0.0118. The van der Waals surface area contributed by atoms with Gasteiger partial charge in [-0.1, -0.05) is 0 Å². The van der Waals surface area contributed by atoms with Gasteiger partial charge in [0, 0.05) is 43.7 Å². The molecule has 210 valence electrons. The first-order valence-electron chi connectivity index (χ1n) is 12.8. The van der Waals surface area contributed by atoms with Gasteiger partial charge in [-0.3, -0.25) is 4.98 Å². The van der Waals surface area contributed by atoms with Gasteiger partial charge >= 0.3 is 12.2 Å². The van der Waals surface area contributed by atoms with E-state index >= 15 is 0 Å². The van der Waals surface area contributed by atoms with Crippen molar-refractivity contribution in [2.45, 2.75) is 59.2 Å². The number of amides is 1. The van der Waals surface area contributed by atoms with Crippen molar-refractivity contribution >= 4 is 23.3 Å². The normalized spacial score (nSPS) is 18.3. The summed E-state index contributed by atoms with van der Waals surface area (Å²) in [6.07, 6.45) is 0.366. The second kappa shape index (κ2) is 12.1. The number of nitrogens with zero attached hydrogens (tertiary/aromatic N) is 3. The quantitative estimate of drug-likeness (QED) is 0.494. The molecular formula is C27H39FN4O6. The SMILES string of the molecule is COc1ccc2ncc(F)c(CCN3CC(CNC(=O)OC(C)(C)C)[C@@H](COC(=O)OC(C)(C)C)C3)c2n1.